The van der Waals surface area contributed by atoms with Crippen molar-refractivity contribution in [2.45, 2.75) is 25.9 Å². The van der Waals surface area contributed by atoms with Crippen LogP contribution in [0.1, 0.15) is 19.4 Å². The summed E-state index contributed by atoms with van der Waals surface area (Å²) in [6.45, 7) is 3.09. The number of rotatable bonds is 7. The zero-order valence-electron chi connectivity index (χ0n) is 16.0. The number of benzene rings is 1. The number of hydrogen-bond acceptors (Lipinski definition) is 5. The van der Waals surface area contributed by atoms with Gasteiger partial charge in [-0.05, 0) is 19.4 Å². The molecular weight excluding hydrogens is 350 g/mol. The number of hydrogen-bond donors (Lipinski definition) is 1. The summed E-state index contributed by atoms with van der Waals surface area (Å²) in [4.78, 5) is 13.4. The van der Waals surface area contributed by atoms with Gasteiger partial charge >= 0.3 is 0 Å². The second kappa shape index (κ2) is 8.04. The van der Waals surface area contributed by atoms with E-state index in [1.54, 1.807) is 12.4 Å². The average molecular weight is 373 g/mol. The number of aryl methyl sites for hydroxylation is 1. The molecule has 0 fully saturated rings. The first-order valence-electron chi connectivity index (χ1n) is 9.36. The number of imidazole rings is 1. The van der Waals surface area contributed by atoms with E-state index in [0.29, 0.717) is 6.04 Å². The van der Waals surface area contributed by atoms with Crippen molar-refractivity contribution in [3.8, 4) is 22.6 Å². The molecule has 0 aliphatic rings. The van der Waals surface area contributed by atoms with E-state index in [1.165, 1.54) is 0 Å². The summed E-state index contributed by atoms with van der Waals surface area (Å²) in [5.74, 6) is 1.73. The van der Waals surface area contributed by atoms with E-state index in [-0.39, 0.29) is 0 Å². The first-order chi connectivity index (χ1) is 13.8. The van der Waals surface area contributed by atoms with Gasteiger partial charge in [-0.15, -0.1) is 0 Å². The molecule has 4 aromatic rings. The highest BCUT2D eigenvalue weighted by atomic mass is 15.3. The van der Waals surface area contributed by atoms with E-state index in [0.717, 1.165) is 41.4 Å². The van der Waals surface area contributed by atoms with Crippen LogP contribution in [0.25, 0.3) is 22.6 Å². The Morgan fingerprint density at radius 1 is 0.929 bits per heavy atom. The largest absolute Gasteiger partial charge is 0.371 e. The van der Waals surface area contributed by atoms with Crippen LogP contribution >= 0.6 is 0 Å². The van der Waals surface area contributed by atoms with E-state index in [1.807, 2.05) is 42.6 Å². The fourth-order valence-electron chi connectivity index (χ4n) is 3.29. The van der Waals surface area contributed by atoms with E-state index in [2.05, 4.69) is 61.1 Å². The van der Waals surface area contributed by atoms with Crippen molar-refractivity contribution < 1.29 is 0 Å². The zero-order chi connectivity index (χ0) is 19.3. The Morgan fingerprint density at radius 3 is 2.46 bits per heavy atom. The Kier molecular flexibility index (Phi) is 5.14. The number of anilines is 1. The highest BCUT2D eigenvalue weighted by Crippen LogP contribution is 2.28. The topological polar surface area (TPSA) is 73.5 Å². The summed E-state index contributed by atoms with van der Waals surface area (Å²) in [6.07, 6.45) is 12.1. The third-order valence-electron chi connectivity index (χ3n) is 4.83. The second-order valence-electron chi connectivity index (χ2n) is 6.65. The Labute approximate surface area is 164 Å². The molecule has 1 unspecified atom stereocenters. The predicted octanol–water partition coefficient (Wildman–Crippen LogP) is 3.90. The highest BCUT2D eigenvalue weighted by molar-refractivity contribution is 5.73. The highest BCUT2D eigenvalue weighted by Gasteiger charge is 2.13. The number of nitrogens with zero attached hydrogens (tertiary/aromatic N) is 6. The van der Waals surface area contributed by atoms with E-state index in [9.17, 15) is 0 Å². The van der Waals surface area contributed by atoms with Gasteiger partial charge in [0.05, 0.1) is 0 Å². The smallest absolute Gasteiger partial charge is 0.152 e. The van der Waals surface area contributed by atoms with Gasteiger partial charge in [-0.1, -0.05) is 24.3 Å². The molecule has 0 aliphatic carbocycles. The minimum atomic E-state index is 0.317. The lowest BCUT2D eigenvalue weighted by Crippen LogP contribution is -2.10. The first-order valence-corrected chi connectivity index (χ1v) is 9.36. The molecule has 1 N–H and O–H groups in total. The van der Waals surface area contributed by atoms with Gasteiger partial charge in [0.25, 0.3) is 0 Å². The molecule has 0 saturated heterocycles. The van der Waals surface area contributed by atoms with Gasteiger partial charge in [0.15, 0.2) is 5.82 Å². The van der Waals surface area contributed by atoms with Crippen molar-refractivity contribution in [2.24, 2.45) is 0 Å². The van der Waals surface area contributed by atoms with Crippen molar-refractivity contribution >= 4 is 5.82 Å². The minimum absolute atomic E-state index is 0.317. The molecule has 0 amide bonds. The lowest BCUT2D eigenvalue weighted by atomic mass is 10.1. The summed E-state index contributed by atoms with van der Waals surface area (Å²) in [5.41, 5.74) is 2.94. The maximum absolute atomic E-state index is 4.59. The second-order valence-corrected chi connectivity index (χ2v) is 6.65. The van der Waals surface area contributed by atoms with Crippen LogP contribution in [0.3, 0.4) is 0 Å². The zero-order valence-corrected chi connectivity index (χ0v) is 16.0. The molecule has 0 radical (unpaired) electrons. The van der Waals surface area contributed by atoms with E-state index >= 15 is 0 Å². The molecular formula is C21H23N7. The lowest BCUT2D eigenvalue weighted by molar-refractivity contribution is 0.449. The molecule has 0 bridgehead atoms. The lowest BCUT2D eigenvalue weighted by Gasteiger charge is -2.17. The third-order valence-corrected chi connectivity index (χ3v) is 4.83. The Morgan fingerprint density at radius 2 is 1.71 bits per heavy atom. The number of aromatic nitrogens is 6. The van der Waals surface area contributed by atoms with Crippen LogP contribution < -0.4 is 5.32 Å². The summed E-state index contributed by atoms with van der Waals surface area (Å²) >= 11 is 0. The van der Waals surface area contributed by atoms with Crippen LogP contribution in [0.15, 0.2) is 67.5 Å². The fraction of sp³-hybridized carbons (Fsp3) is 0.238. The van der Waals surface area contributed by atoms with Crippen molar-refractivity contribution in [1.29, 1.82) is 0 Å². The minimum Gasteiger partial charge on any atom is -0.371 e. The first kappa shape index (κ1) is 17.9. The van der Waals surface area contributed by atoms with Crippen molar-refractivity contribution in [2.75, 3.05) is 12.4 Å². The van der Waals surface area contributed by atoms with Crippen molar-refractivity contribution in [3.63, 3.8) is 0 Å². The molecule has 7 nitrogen and oxygen atoms in total. The quantitative estimate of drug-likeness (QED) is 0.532. The van der Waals surface area contributed by atoms with Gasteiger partial charge < -0.3 is 9.88 Å². The maximum atomic E-state index is 4.59. The maximum Gasteiger partial charge on any atom is 0.152 e. The molecule has 28 heavy (non-hydrogen) atoms. The monoisotopic (exact) mass is 373 g/mol. The molecule has 142 valence electrons. The summed E-state index contributed by atoms with van der Waals surface area (Å²) in [7, 11) is 1.85. The third kappa shape index (κ3) is 3.64. The van der Waals surface area contributed by atoms with Gasteiger partial charge in [-0.3, -0.25) is 9.67 Å². The van der Waals surface area contributed by atoms with Crippen LogP contribution in [-0.4, -0.2) is 36.3 Å². The summed E-state index contributed by atoms with van der Waals surface area (Å²) in [6, 6.07) is 10.6. The normalized spacial score (nSPS) is 12.1. The van der Waals surface area contributed by atoms with Crippen LogP contribution in [-0.2, 0) is 6.54 Å². The Bertz CT molecular complexity index is 1020. The SMILES string of the molecule is CNc1nccnc1-c1ccc(-c2nccn2C(C)CCn2cccn2)cc1. The van der Waals surface area contributed by atoms with Crippen LogP contribution in [0.4, 0.5) is 5.82 Å². The molecule has 3 heterocycles. The van der Waals surface area contributed by atoms with Crippen LogP contribution in [0.2, 0.25) is 0 Å². The van der Waals surface area contributed by atoms with Crippen LogP contribution in [0.5, 0.6) is 0 Å². The van der Waals surface area contributed by atoms with Gasteiger partial charge in [-0.25, -0.2) is 9.97 Å². The molecule has 3 aromatic heterocycles. The van der Waals surface area contributed by atoms with Crippen LogP contribution in [0, 0.1) is 0 Å². The summed E-state index contributed by atoms with van der Waals surface area (Å²) < 4.78 is 4.18. The summed E-state index contributed by atoms with van der Waals surface area (Å²) in [5, 5.41) is 7.37. The predicted molar refractivity (Wildman–Crippen MR) is 110 cm³/mol. The fourth-order valence-corrected chi connectivity index (χ4v) is 3.29. The molecule has 0 saturated carbocycles. The average Bonchev–Trinajstić information content (AvgIpc) is 3.44. The van der Waals surface area contributed by atoms with Crippen molar-refractivity contribution in [1.82, 2.24) is 29.3 Å². The number of nitrogens with one attached hydrogen (secondary N) is 1. The molecule has 7 heteroatoms. The Balaban J connectivity index is 1.54. The molecule has 0 spiro atoms. The molecule has 1 aromatic carbocycles. The standard InChI is InChI=1S/C21H23N7/c1-16(8-14-27-13-3-9-26-27)28-15-12-25-21(28)18-6-4-17(5-7-18)19-20(22-2)24-11-10-23-19/h3-7,9-13,15-16H,8,14H2,1-2H3,(H,22,24). The van der Waals surface area contributed by atoms with Gasteiger partial charge in [0.2, 0.25) is 0 Å². The van der Waals surface area contributed by atoms with E-state index in [4.69, 9.17) is 0 Å². The molecule has 1 atom stereocenters. The van der Waals surface area contributed by atoms with Gasteiger partial charge in [0.1, 0.15) is 11.5 Å². The van der Waals surface area contributed by atoms with Gasteiger partial charge in [0, 0.05) is 67.9 Å². The molecule has 0 aliphatic heterocycles. The van der Waals surface area contributed by atoms with E-state index < -0.39 is 0 Å². The van der Waals surface area contributed by atoms with Crippen molar-refractivity contribution in [3.05, 3.63) is 67.5 Å². The Hall–Kier alpha value is -3.48. The van der Waals surface area contributed by atoms with Gasteiger partial charge in [-0.2, -0.15) is 5.10 Å². The molecule has 4 rings (SSSR count).